The van der Waals surface area contributed by atoms with Gasteiger partial charge in [0.15, 0.2) is 0 Å². The van der Waals surface area contributed by atoms with Crippen LogP contribution in [0.2, 0.25) is 0 Å². The first kappa shape index (κ1) is 17.4. The Morgan fingerprint density at radius 1 is 1.08 bits per heavy atom. The number of benzene rings is 2. The summed E-state index contributed by atoms with van der Waals surface area (Å²) in [4.78, 5) is 12.1. The van der Waals surface area contributed by atoms with Gasteiger partial charge in [-0.25, -0.2) is 0 Å². The van der Waals surface area contributed by atoms with E-state index >= 15 is 0 Å². The zero-order valence-corrected chi connectivity index (χ0v) is 13.4. The van der Waals surface area contributed by atoms with Gasteiger partial charge in [0.25, 0.3) is 5.91 Å². The minimum Gasteiger partial charge on any atom is -0.511 e. The van der Waals surface area contributed by atoms with Crippen LogP contribution in [0, 0.1) is 5.41 Å². The molecule has 5 heteroatoms. The van der Waals surface area contributed by atoms with Crippen molar-refractivity contribution < 1.29 is 15.0 Å². The van der Waals surface area contributed by atoms with Crippen molar-refractivity contribution in [2.24, 2.45) is 0 Å². The molecule has 2 aromatic carbocycles. The Balaban J connectivity index is 2.33. The molecule has 5 nitrogen and oxygen atoms in total. The molecule has 0 aliphatic heterocycles. The second kappa shape index (κ2) is 8.08. The summed E-state index contributed by atoms with van der Waals surface area (Å²) < 4.78 is 0. The lowest BCUT2D eigenvalue weighted by Gasteiger charge is -2.15. The van der Waals surface area contributed by atoms with Crippen molar-refractivity contribution in [2.45, 2.75) is 12.5 Å². The number of rotatable bonds is 6. The number of hydrogen-bond donors (Lipinski definition) is 4. The van der Waals surface area contributed by atoms with Crippen LogP contribution in [0.1, 0.15) is 23.7 Å². The molecule has 1 amide bonds. The van der Waals surface area contributed by atoms with Gasteiger partial charge < -0.3 is 15.5 Å². The van der Waals surface area contributed by atoms with Gasteiger partial charge in [-0.3, -0.25) is 10.2 Å². The number of amides is 1. The van der Waals surface area contributed by atoms with Gasteiger partial charge in [0, 0.05) is 19.0 Å². The fourth-order valence-corrected chi connectivity index (χ4v) is 2.34. The number of likely N-dealkylation sites (N-methyl/N-ethyl adjacent to an activating group) is 1. The van der Waals surface area contributed by atoms with Crippen LogP contribution in [0.15, 0.2) is 72.0 Å². The highest BCUT2D eigenvalue weighted by molar-refractivity contribution is 6.27. The normalized spacial score (nSPS) is 12.9. The summed E-state index contributed by atoms with van der Waals surface area (Å²) in [7, 11) is 1.43. The monoisotopic (exact) mass is 324 g/mol. The zero-order valence-electron chi connectivity index (χ0n) is 13.4. The number of aliphatic hydroxyl groups is 2. The average Bonchev–Trinajstić information content (AvgIpc) is 2.63. The highest BCUT2D eigenvalue weighted by atomic mass is 16.3. The second-order valence-corrected chi connectivity index (χ2v) is 5.27. The molecule has 0 heterocycles. The van der Waals surface area contributed by atoms with Crippen molar-refractivity contribution in [2.75, 3.05) is 7.05 Å². The minimum absolute atomic E-state index is 0.0901. The summed E-state index contributed by atoms with van der Waals surface area (Å²) in [6.07, 6.45) is -1.11. The van der Waals surface area contributed by atoms with E-state index in [1.165, 1.54) is 7.05 Å². The summed E-state index contributed by atoms with van der Waals surface area (Å²) in [5, 5.41) is 31.3. The topological polar surface area (TPSA) is 93.4 Å². The van der Waals surface area contributed by atoms with Crippen LogP contribution in [0.3, 0.4) is 0 Å². The van der Waals surface area contributed by atoms with Gasteiger partial charge in [0.05, 0.1) is 11.8 Å². The second-order valence-electron chi connectivity index (χ2n) is 5.27. The van der Waals surface area contributed by atoms with Crippen LogP contribution < -0.4 is 5.32 Å². The van der Waals surface area contributed by atoms with E-state index in [2.05, 4.69) is 5.32 Å². The van der Waals surface area contributed by atoms with Crippen molar-refractivity contribution >= 4 is 11.6 Å². The van der Waals surface area contributed by atoms with E-state index in [1.807, 2.05) is 6.07 Å². The molecule has 1 atom stereocenters. The summed E-state index contributed by atoms with van der Waals surface area (Å²) in [5.74, 6) is -0.888. The largest absolute Gasteiger partial charge is 0.511 e. The van der Waals surface area contributed by atoms with E-state index in [1.54, 1.807) is 54.6 Å². The van der Waals surface area contributed by atoms with Gasteiger partial charge in [-0.15, -0.1) is 0 Å². The molecule has 0 bridgehead atoms. The average molecular weight is 324 g/mol. The molecule has 124 valence electrons. The van der Waals surface area contributed by atoms with Crippen molar-refractivity contribution in [3.63, 3.8) is 0 Å². The molecule has 0 saturated carbocycles. The first-order valence-electron chi connectivity index (χ1n) is 7.56. The van der Waals surface area contributed by atoms with Gasteiger partial charge in [0.1, 0.15) is 11.3 Å². The Labute approximate surface area is 140 Å². The van der Waals surface area contributed by atoms with Crippen molar-refractivity contribution in [3.8, 4) is 0 Å². The highest BCUT2D eigenvalue weighted by Gasteiger charge is 2.22. The Hall–Kier alpha value is -2.92. The molecule has 1 unspecified atom stereocenters. The molecule has 0 aliphatic carbocycles. The molecule has 4 N–H and O–H groups in total. The lowest BCUT2D eigenvalue weighted by Crippen LogP contribution is -2.27. The van der Waals surface area contributed by atoms with E-state index in [9.17, 15) is 15.0 Å². The smallest absolute Gasteiger partial charge is 0.256 e. The quantitative estimate of drug-likeness (QED) is 0.374. The van der Waals surface area contributed by atoms with Gasteiger partial charge >= 0.3 is 0 Å². The molecule has 0 radical (unpaired) electrons. The number of hydrogen-bond acceptors (Lipinski definition) is 4. The van der Waals surface area contributed by atoms with Gasteiger partial charge in [-0.1, -0.05) is 60.7 Å². The lowest BCUT2D eigenvalue weighted by atomic mass is 9.97. The molecule has 2 aromatic rings. The van der Waals surface area contributed by atoms with Crippen molar-refractivity contribution in [3.05, 3.63) is 83.1 Å². The molecule has 0 aliphatic rings. The SMILES string of the molecule is CNC(=O)/C(C(=N)c1ccccc1)=C(\O)CC(O)c1ccccc1. The Bertz CT molecular complexity index is 740. The third kappa shape index (κ3) is 4.08. The van der Waals surface area contributed by atoms with Crippen LogP contribution in [0.4, 0.5) is 0 Å². The molecule has 24 heavy (non-hydrogen) atoms. The maximum atomic E-state index is 12.1. The van der Waals surface area contributed by atoms with Gasteiger partial charge in [-0.05, 0) is 5.56 Å². The number of aliphatic hydroxyl groups excluding tert-OH is 2. The van der Waals surface area contributed by atoms with Crippen LogP contribution >= 0.6 is 0 Å². The molecular weight excluding hydrogens is 304 g/mol. The zero-order chi connectivity index (χ0) is 17.5. The molecule has 0 fully saturated rings. The summed E-state index contributed by atoms with van der Waals surface area (Å²) >= 11 is 0. The fraction of sp³-hybridized carbons (Fsp3) is 0.158. The highest BCUT2D eigenvalue weighted by Crippen LogP contribution is 2.23. The first-order valence-corrected chi connectivity index (χ1v) is 7.56. The lowest BCUT2D eigenvalue weighted by molar-refractivity contribution is -0.116. The summed E-state index contributed by atoms with van der Waals surface area (Å²) in [6.45, 7) is 0. The first-order chi connectivity index (χ1) is 11.5. The fourth-order valence-electron chi connectivity index (χ4n) is 2.34. The minimum atomic E-state index is -0.963. The number of nitrogens with one attached hydrogen (secondary N) is 2. The van der Waals surface area contributed by atoms with Crippen LogP contribution in [-0.4, -0.2) is 28.9 Å². The van der Waals surface area contributed by atoms with E-state index in [-0.39, 0.29) is 23.5 Å². The predicted octanol–water partition coefficient (Wildman–Crippen LogP) is 2.74. The van der Waals surface area contributed by atoms with Crippen LogP contribution in [-0.2, 0) is 4.79 Å². The van der Waals surface area contributed by atoms with E-state index < -0.39 is 12.0 Å². The standard InChI is InChI=1S/C19H20N2O3/c1-21-19(24)17(18(20)14-10-6-3-7-11-14)16(23)12-15(22)13-8-4-2-5-9-13/h2-11,15,20,22-23H,12H2,1H3,(H,21,24)/b17-16-,20-18?. The summed E-state index contributed by atoms with van der Waals surface area (Å²) in [6, 6.07) is 17.5. The third-order valence-electron chi connectivity index (χ3n) is 3.63. The molecule has 0 saturated heterocycles. The van der Waals surface area contributed by atoms with Crippen LogP contribution in [0.25, 0.3) is 0 Å². The van der Waals surface area contributed by atoms with Crippen molar-refractivity contribution in [1.82, 2.24) is 5.32 Å². The van der Waals surface area contributed by atoms with E-state index in [0.717, 1.165) is 0 Å². The molecule has 2 rings (SSSR count). The predicted molar refractivity (Wildman–Crippen MR) is 93.0 cm³/mol. The molecule has 0 aromatic heterocycles. The van der Waals surface area contributed by atoms with Gasteiger partial charge in [-0.2, -0.15) is 0 Å². The molecular formula is C19H20N2O3. The molecule has 0 spiro atoms. The Kier molecular flexibility index (Phi) is 5.87. The number of carbonyl (C=O) groups excluding carboxylic acids is 1. The van der Waals surface area contributed by atoms with E-state index in [0.29, 0.717) is 11.1 Å². The van der Waals surface area contributed by atoms with Gasteiger partial charge in [0.2, 0.25) is 0 Å². The van der Waals surface area contributed by atoms with Crippen molar-refractivity contribution in [1.29, 1.82) is 5.41 Å². The third-order valence-corrected chi connectivity index (χ3v) is 3.63. The number of carbonyl (C=O) groups is 1. The Morgan fingerprint density at radius 2 is 1.62 bits per heavy atom. The van der Waals surface area contributed by atoms with E-state index in [4.69, 9.17) is 5.41 Å². The van der Waals surface area contributed by atoms with Crippen LogP contribution in [0.5, 0.6) is 0 Å². The Morgan fingerprint density at radius 3 is 2.17 bits per heavy atom. The maximum Gasteiger partial charge on any atom is 0.256 e. The summed E-state index contributed by atoms with van der Waals surface area (Å²) in [5.41, 5.74) is 0.912. The maximum absolute atomic E-state index is 12.1.